The summed E-state index contributed by atoms with van der Waals surface area (Å²) in [5.74, 6) is -0.298. The van der Waals surface area contributed by atoms with Gasteiger partial charge < -0.3 is 5.32 Å². The molecule has 3 aromatic heterocycles. The Balaban J connectivity index is 1.60. The maximum atomic E-state index is 13.6. The van der Waals surface area contributed by atoms with Crippen molar-refractivity contribution in [3.8, 4) is 0 Å². The number of carbonyl (C=O) groups excluding carboxylic acids is 1. The zero-order valence-electron chi connectivity index (χ0n) is 16.1. The van der Waals surface area contributed by atoms with Crippen molar-refractivity contribution < 1.29 is 18.0 Å². The van der Waals surface area contributed by atoms with E-state index >= 15 is 0 Å². The van der Waals surface area contributed by atoms with Crippen LogP contribution in [0.4, 0.5) is 13.2 Å². The molecule has 154 valence electrons. The highest BCUT2D eigenvalue weighted by Crippen LogP contribution is 2.43. The van der Waals surface area contributed by atoms with Crippen LogP contribution in [0, 0.1) is 6.92 Å². The molecular formula is C19H21F3N6O. The topological polar surface area (TPSA) is 77.6 Å². The molecular weight excluding hydrogens is 385 g/mol. The second kappa shape index (κ2) is 7.16. The number of amides is 1. The van der Waals surface area contributed by atoms with E-state index in [2.05, 4.69) is 20.5 Å². The van der Waals surface area contributed by atoms with Crippen molar-refractivity contribution in [1.82, 2.24) is 29.9 Å². The molecule has 0 bridgehead atoms. The fourth-order valence-corrected chi connectivity index (χ4v) is 3.49. The molecule has 0 aliphatic heterocycles. The Bertz CT molecular complexity index is 1040. The van der Waals surface area contributed by atoms with Crippen molar-refractivity contribution >= 4 is 16.9 Å². The van der Waals surface area contributed by atoms with E-state index in [0.29, 0.717) is 12.2 Å². The fourth-order valence-electron chi connectivity index (χ4n) is 3.49. The van der Waals surface area contributed by atoms with Gasteiger partial charge in [-0.1, -0.05) is 0 Å². The molecule has 1 fully saturated rings. The summed E-state index contributed by atoms with van der Waals surface area (Å²) in [6.45, 7) is 3.62. The van der Waals surface area contributed by atoms with Crippen molar-refractivity contribution in [1.29, 1.82) is 0 Å². The SMILES string of the molecule is Cc1nn(CC(=O)NC(C)Cn2cccn2)c2nc(C3CC3)cc(C(F)(F)F)c12. The van der Waals surface area contributed by atoms with Crippen LogP contribution in [-0.2, 0) is 24.1 Å². The highest BCUT2D eigenvalue weighted by Gasteiger charge is 2.37. The van der Waals surface area contributed by atoms with Gasteiger partial charge in [0.15, 0.2) is 5.65 Å². The van der Waals surface area contributed by atoms with E-state index in [4.69, 9.17) is 0 Å². The molecule has 0 saturated heterocycles. The number of fused-ring (bicyclic) bond motifs is 1. The number of hydrogen-bond donors (Lipinski definition) is 1. The van der Waals surface area contributed by atoms with Gasteiger partial charge in [0.1, 0.15) is 6.54 Å². The quantitative estimate of drug-likeness (QED) is 0.683. The number of aryl methyl sites for hydroxylation is 1. The maximum Gasteiger partial charge on any atom is 0.417 e. The zero-order valence-corrected chi connectivity index (χ0v) is 16.1. The molecule has 3 heterocycles. The molecule has 1 aliphatic carbocycles. The molecule has 1 saturated carbocycles. The lowest BCUT2D eigenvalue weighted by Gasteiger charge is -2.14. The summed E-state index contributed by atoms with van der Waals surface area (Å²) in [5.41, 5.74) is -0.00675. The average Bonchev–Trinajstić information content (AvgIpc) is 3.28. The fraction of sp³-hybridized carbons (Fsp3) is 0.474. The zero-order chi connectivity index (χ0) is 20.8. The van der Waals surface area contributed by atoms with Crippen molar-refractivity contribution in [2.75, 3.05) is 0 Å². The van der Waals surface area contributed by atoms with E-state index < -0.39 is 11.7 Å². The first kappa shape index (κ1) is 19.4. The number of hydrogen-bond acceptors (Lipinski definition) is 4. The van der Waals surface area contributed by atoms with Crippen LogP contribution in [0.5, 0.6) is 0 Å². The van der Waals surface area contributed by atoms with Crippen LogP contribution in [0.15, 0.2) is 24.5 Å². The van der Waals surface area contributed by atoms with E-state index in [1.54, 1.807) is 23.1 Å². The number of aromatic nitrogens is 5. The highest BCUT2D eigenvalue weighted by atomic mass is 19.4. The second-order valence-corrected chi connectivity index (χ2v) is 7.51. The van der Waals surface area contributed by atoms with Gasteiger partial charge in [0, 0.05) is 30.0 Å². The largest absolute Gasteiger partial charge is 0.417 e. The molecule has 1 N–H and O–H groups in total. The number of pyridine rings is 1. The van der Waals surface area contributed by atoms with Gasteiger partial charge in [0.2, 0.25) is 5.91 Å². The van der Waals surface area contributed by atoms with Gasteiger partial charge in [0.05, 0.1) is 23.2 Å². The summed E-state index contributed by atoms with van der Waals surface area (Å²) in [6.07, 6.45) is 0.580. The third-order valence-electron chi connectivity index (χ3n) is 4.92. The number of nitrogens with zero attached hydrogens (tertiary/aromatic N) is 5. The molecule has 1 atom stereocenters. The van der Waals surface area contributed by atoms with Crippen LogP contribution in [0.3, 0.4) is 0 Å². The Kier molecular flexibility index (Phi) is 4.79. The first-order valence-corrected chi connectivity index (χ1v) is 9.44. The molecule has 3 aromatic rings. The summed E-state index contributed by atoms with van der Waals surface area (Å²) in [6, 6.07) is 2.71. The minimum absolute atomic E-state index is 0.0423. The minimum atomic E-state index is -4.51. The Morgan fingerprint density at radius 2 is 2.14 bits per heavy atom. The van der Waals surface area contributed by atoms with Crippen molar-refractivity contribution in [3.05, 3.63) is 41.5 Å². The minimum Gasteiger partial charge on any atom is -0.350 e. The molecule has 0 radical (unpaired) electrons. The lowest BCUT2D eigenvalue weighted by Crippen LogP contribution is -2.38. The van der Waals surface area contributed by atoms with E-state index in [1.165, 1.54) is 11.6 Å². The molecule has 0 spiro atoms. The molecule has 1 unspecified atom stereocenters. The van der Waals surface area contributed by atoms with E-state index in [9.17, 15) is 18.0 Å². The third-order valence-corrected chi connectivity index (χ3v) is 4.92. The first-order chi connectivity index (χ1) is 13.7. The number of carbonyl (C=O) groups is 1. The second-order valence-electron chi connectivity index (χ2n) is 7.51. The van der Waals surface area contributed by atoms with Crippen LogP contribution >= 0.6 is 0 Å². The van der Waals surface area contributed by atoms with Crippen LogP contribution in [0.25, 0.3) is 11.0 Å². The molecule has 4 rings (SSSR count). The van der Waals surface area contributed by atoms with Gasteiger partial charge in [-0.05, 0) is 38.8 Å². The van der Waals surface area contributed by atoms with Crippen molar-refractivity contribution in [2.45, 2.75) is 57.9 Å². The monoisotopic (exact) mass is 406 g/mol. The predicted molar refractivity (Wildman–Crippen MR) is 99.1 cm³/mol. The Morgan fingerprint density at radius 1 is 1.38 bits per heavy atom. The predicted octanol–water partition coefficient (Wildman–Crippen LogP) is 3.04. The molecule has 10 heteroatoms. The summed E-state index contributed by atoms with van der Waals surface area (Å²) in [4.78, 5) is 16.9. The summed E-state index contributed by atoms with van der Waals surface area (Å²) >= 11 is 0. The number of nitrogens with one attached hydrogen (secondary N) is 1. The molecule has 7 nitrogen and oxygen atoms in total. The Labute approximate surface area is 164 Å². The van der Waals surface area contributed by atoms with Crippen molar-refractivity contribution in [2.24, 2.45) is 0 Å². The van der Waals surface area contributed by atoms with Crippen LogP contribution in [0.2, 0.25) is 0 Å². The molecule has 1 amide bonds. The maximum absolute atomic E-state index is 13.6. The van der Waals surface area contributed by atoms with Gasteiger partial charge in [-0.3, -0.25) is 9.48 Å². The lowest BCUT2D eigenvalue weighted by molar-refractivity contribution is -0.136. The van der Waals surface area contributed by atoms with E-state index in [1.807, 2.05) is 6.92 Å². The normalized spacial score (nSPS) is 15.6. The van der Waals surface area contributed by atoms with Crippen LogP contribution in [-0.4, -0.2) is 36.5 Å². The van der Waals surface area contributed by atoms with Gasteiger partial charge >= 0.3 is 6.18 Å². The molecule has 0 aromatic carbocycles. The Hall–Kier alpha value is -2.91. The highest BCUT2D eigenvalue weighted by molar-refractivity contribution is 5.85. The summed E-state index contributed by atoms with van der Waals surface area (Å²) in [5, 5.41) is 11.1. The van der Waals surface area contributed by atoms with Crippen LogP contribution in [0.1, 0.15) is 42.6 Å². The third kappa shape index (κ3) is 4.10. The van der Waals surface area contributed by atoms with Crippen molar-refractivity contribution in [3.63, 3.8) is 0 Å². The van der Waals surface area contributed by atoms with Gasteiger partial charge in [-0.25, -0.2) is 9.67 Å². The number of halogens is 3. The number of alkyl halides is 3. The number of rotatable bonds is 6. The summed E-state index contributed by atoms with van der Waals surface area (Å²) < 4.78 is 43.9. The van der Waals surface area contributed by atoms with Gasteiger partial charge in [-0.2, -0.15) is 23.4 Å². The first-order valence-electron chi connectivity index (χ1n) is 9.44. The standard InChI is InChI=1S/C19H21F3N6O/c1-11(9-27-7-3-6-23-27)24-16(29)10-28-18-17(12(2)26-28)14(19(20,21)22)8-15(25-18)13-4-5-13/h3,6-8,11,13H,4-5,9-10H2,1-2H3,(H,24,29). The Morgan fingerprint density at radius 3 is 2.76 bits per heavy atom. The van der Waals surface area contributed by atoms with Gasteiger partial charge in [0.25, 0.3) is 0 Å². The average molecular weight is 406 g/mol. The van der Waals surface area contributed by atoms with Gasteiger partial charge in [-0.15, -0.1) is 0 Å². The smallest absolute Gasteiger partial charge is 0.350 e. The lowest BCUT2D eigenvalue weighted by atomic mass is 10.1. The summed E-state index contributed by atoms with van der Waals surface area (Å²) in [7, 11) is 0. The van der Waals surface area contributed by atoms with E-state index in [-0.39, 0.29) is 41.1 Å². The van der Waals surface area contributed by atoms with E-state index in [0.717, 1.165) is 18.9 Å². The molecule has 1 aliphatic rings. The van der Waals surface area contributed by atoms with Crippen LogP contribution < -0.4 is 5.32 Å². The molecule has 29 heavy (non-hydrogen) atoms.